The fourth-order valence-corrected chi connectivity index (χ4v) is 5.37. The van der Waals surface area contributed by atoms with Crippen LogP contribution in [-0.2, 0) is 11.3 Å². The van der Waals surface area contributed by atoms with Crippen molar-refractivity contribution in [3.05, 3.63) is 53.5 Å². The number of amides is 2. The van der Waals surface area contributed by atoms with Gasteiger partial charge in [0, 0.05) is 17.8 Å². The Morgan fingerprint density at radius 1 is 1.22 bits per heavy atom. The Kier molecular flexibility index (Phi) is 5.25. The molecule has 1 unspecified atom stereocenters. The first-order chi connectivity index (χ1) is 15.5. The highest BCUT2D eigenvalue weighted by Crippen LogP contribution is 2.36. The van der Waals surface area contributed by atoms with Gasteiger partial charge in [0.15, 0.2) is 0 Å². The van der Waals surface area contributed by atoms with Gasteiger partial charge in [-0.3, -0.25) is 19.2 Å². The number of nitrogens with zero attached hydrogens (tertiary/aromatic N) is 3. The summed E-state index contributed by atoms with van der Waals surface area (Å²) in [5.74, 6) is 0.232. The minimum Gasteiger partial charge on any atom is -0.497 e. The van der Waals surface area contributed by atoms with Gasteiger partial charge in [-0.15, -0.1) is 11.3 Å². The monoisotopic (exact) mass is 450 g/mol. The highest BCUT2D eigenvalue weighted by atomic mass is 32.1. The molecule has 7 nitrogen and oxygen atoms in total. The molecule has 1 atom stereocenters. The molecule has 0 saturated heterocycles. The average molecular weight is 451 g/mol. The average Bonchev–Trinajstić information content (AvgIpc) is 3.55. The number of carbonyl (C=O) groups excluding carboxylic acids is 2. The third kappa shape index (κ3) is 3.48. The van der Waals surface area contributed by atoms with Crippen molar-refractivity contribution >= 4 is 28.8 Å². The summed E-state index contributed by atoms with van der Waals surface area (Å²) in [5.41, 5.74) is 0.720. The molecule has 0 spiro atoms. The first-order valence-electron chi connectivity index (χ1n) is 10.9. The van der Waals surface area contributed by atoms with Gasteiger partial charge in [0.2, 0.25) is 5.91 Å². The molecule has 1 aliphatic carbocycles. The van der Waals surface area contributed by atoms with Crippen LogP contribution in [0.15, 0.2) is 47.8 Å². The number of fused-ring (bicyclic) bond motifs is 1. The zero-order chi connectivity index (χ0) is 22.3. The van der Waals surface area contributed by atoms with Gasteiger partial charge >= 0.3 is 0 Å². The summed E-state index contributed by atoms with van der Waals surface area (Å²) in [5, 5.41) is 9.87. The zero-order valence-electron chi connectivity index (χ0n) is 18.2. The topological polar surface area (TPSA) is 76.5 Å². The van der Waals surface area contributed by atoms with E-state index >= 15 is 0 Å². The number of rotatable bonds is 5. The molecule has 2 aromatic heterocycles. The van der Waals surface area contributed by atoms with Gasteiger partial charge in [-0.25, -0.2) is 0 Å². The summed E-state index contributed by atoms with van der Waals surface area (Å²) in [6.07, 6.45) is 4.19. The Morgan fingerprint density at radius 2 is 2.03 bits per heavy atom. The van der Waals surface area contributed by atoms with E-state index in [1.165, 1.54) is 0 Å². The molecule has 2 amide bonds. The number of ether oxygens (including phenoxy) is 1. The van der Waals surface area contributed by atoms with Crippen LogP contribution in [0, 0.1) is 0 Å². The maximum atomic E-state index is 13.8. The van der Waals surface area contributed by atoms with Gasteiger partial charge in [0.1, 0.15) is 22.7 Å². The number of anilines is 1. The molecule has 1 saturated carbocycles. The number of hydrogen-bond acceptors (Lipinski definition) is 5. The van der Waals surface area contributed by atoms with Crippen molar-refractivity contribution in [2.45, 2.75) is 50.7 Å². The van der Waals surface area contributed by atoms with Crippen LogP contribution in [-0.4, -0.2) is 40.3 Å². The Balaban J connectivity index is 1.59. The number of carbonyl (C=O) groups is 2. The van der Waals surface area contributed by atoms with Crippen LogP contribution >= 0.6 is 11.3 Å². The second-order valence-electron chi connectivity index (χ2n) is 8.62. The summed E-state index contributed by atoms with van der Waals surface area (Å²) in [6.45, 7) is 2.10. The predicted molar refractivity (Wildman–Crippen MR) is 124 cm³/mol. The van der Waals surface area contributed by atoms with Crippen molar-refractivity contribution < 1.29 is 14.3 Å². The first-order valence-corrected chi connectivity index (χ1v) is 11.8. The van der Waals surface area contributed by atoms with E-state index in [9.17, 15) is 9.59 Å². The lowest BCUT2D eigenvalue weighted by molar-refractivity contribution is -0.127. The Bertz CT molecular complexity index is 1150. The fraction of sp³-hybridized carbons (Fsp3) is 0.375. The summed E-state index contributed by atoms with van der Waals surface area (Å²) in [4.78, 5) is 30.0. The lowest BCUT2D eigenvalue weighted by Gasteiger charge is -2.43. The first kappa shape index (κ1) is 20.8. The minimum absolute atomic E-state index is 0.153. The molecule has 8 heteroatoms. The maximum Gasteiger partial charge on any atom is 0.277 e. The highest BCUT2D eigenvalue weighted by molar-refractivity contribution is 7.13. The normalized spacial score (nSPS) is 20.9. The lowest BCUT2D eigenvalue weighted by atomic mass is 9.93. The van der Waals surface area contributed by atoms with E-state index in [4.69, 9.17) is 9.84 Å². The predicted octanol–water partition coefficient (Wildman–Crippen LogP) is 4.10. The Labute approximate surface area is 191 Å². The van der Waals surface area contributed by atoms with Crippen molar-refractivity contribution in [2.24, 2.45) is 0 Å². The van der Waals surface area contributed by atoms with Gasteiger partial charge < -0.3 is 10.1 Å². The minimum atomic E-state index is -1.13. The molecule has 1 fully saturated rings. The Hall–Kier alpha value is -3.13. The van der Waals surface area contributed by atoms with Crippen molar-refractivity contribution in [1.29, 1.82) is 0 Å². The summed E-state index contributed by atoms with van der Waals surface area (Å²) in [6, 6.07) is 13.2. The largest absolute Gasteiger partial charge is 0.497 e. The van der Waals surface area contributed by atoms with Crippen molar-refractivity contribution in [3.8, 4) is 16.3 Å². The molecule has 166 valence electrons. The molecular weight excluding hydrogens is 424 g/mol. The van der Waals surface area contributed by atoms with Crippen molar-refractivity contribution in [3.63, 3.8) is 0 Å². The second-order valence-corrected chi connectivity index (χ2v) is 9.57. The fourth-order valence-electron chi connectivity index (χ4n) is 4.69. The lowest BCUT2D eigenvalue weighted by Crippen LogP contribution is -2.65. The van der Waals surface area contributed by atoms with Gasteiger partial charge in [-0.2, -0.15) is 5.10 Å². The van der Waals surface area contributed by atoms with E-state index in [1.807, 2.05) is 48.7 Å². The molecular formula is C24H26N4O3S. The third-order valence-electron chi connectivity index (χ3n) is 6.42. The van der Waals surface area contributed by atoms with Gasteiger partial charge in [0.05, 0.1) is 18.5 Å². The molecule has 1 N–H and O–H groups in total. The molecule has 32 heavy (non-hydrogen) atoms. The smallest absolute Gasteiger partial charge is 0.277 e. The quantitative estimate of drug-likeness (QED) is 0.635. The third-order valence-corrected chi connectivity index (χ3v) is 7.31. The molecule has 0 bridgehead atoms. The van der Waals surface area contributed by atoms with Gasteiger partial charge in [-0.1, -0.05) is 25.0 Å². The van der Waals surface area contributed by atoms with Gasteiger partial charge in [0.25, 0.3) is 5.91 Å². The van der Waals surface area contributed by atoms with Crippen LogP contribution in [0.4, 0.5) is 5.69 Å². The highest BCUT2D eigenvalue weighted by Gasteiger charge is 2.49. The van der Waals surface area contributed by atoms with Crippen LogP contribution in [0.3, 0.4) is 0 Å². The molecule has 2 aliphatic rings. The van der Waals surface area contributed by atoms with E-state index in [0.29, 0.717) is 17.1 Å². The number of nitrogens with one attached hydrogen (secondary N) is 1. The second kappa shape index (κ2) is 8.09. The van der Waals surface area contributed by atoms with E-state index in [1.54, 1.807) is 34.1 Å². The summed E-state index contributed by atoms with van der Waals surface area (Å²) >= 11 is 1.57. The van der Waals surface area contributed by atoms with E-state index < -0.39 is 5.54 Å². The van der Waals surface area contributed by atoms with Crippen LogP contribution in [0.1, 0.15) is 43.1 Å². The molecule has 1 aliphatic heterocycles. The van der Waals surface area contributed by atoms with Crippen LogP contribution in [0.2, 0.25) is 0 Å². The van der Waals surface area contributed by atoms with E-state index in [0.717, 1.165) is 36.3 Å². The zero-order valence-corrected chi connectivity index (χ0v) is 19.0. The van der Waals surface area contributed by atoms with Gasteiger partial charge in [-0.05, 0) is 49.4 Å². The Morgan fingerprint density at radius 3 is 2.75 bits per heavy atom. The molecule has 5 rings (SSSR count). The van der Waals surface area contributed by atoms with Crippen LogP contribution in [0.25, 0.3) is 10.6 Å². The number of benzene rings is 1. The maximum absolute atomic E-state index is 13.8. The molecule has 0 radical (unpaired) electrons. The van der Waals surface area contributed by atoms with Crippen LogP contribution < -0.4 is 15.0 Å². The van der Waals surface area contributed by atoms with E-state index in [-0.39, 0.29) is 24.4 Å². The van der Waals surface area contributed by atoms with Crippen molar-refractivity contribution in [1.82, 2.24) is 15.1 Å². The summed E-state index contributed by atoms with van der Waals surface area (Å²) < 4.78 is 7.07. The van der Waals surface area contributed by atoms with Crippen LogP contribution in [0.5, 0.6) is 5.75 Å². The molecule has 3 heterocycles. The molecule has 1 aromatic carbocycles. The number of methoxy groups -OCH3 is 1. The molecule has 3 aromatic rings. The van der Waals surface area contributed by atoms with Crippen molar-refractivity contribution in [2.75, 3.05) is 12.0 Å². The number of thiophene rings is 1. The standard InChI is InChI=1S/C24H26N4O3S/c1-24(23(30)25-16-7-3-4-8-16)15-27-20(14-19(26-27)21-11-6-12-32-21)22(29)28(24)17-9-5-10-18(13-17)31-2/h5-6,9-14,16H,3-4,7-8,15H2,1-2H3,(H,25,30). The SMILES string of the molecule is COc1cccc(N2C(=O)c3cc(-c4cccs4)nn3CC2(C)C(=O)NC2CCCC2)c1. The number of hydrogen-bond donors (Lipinski definition) is 1. The summed E-state index contributed by atoms with van der Waals surface area (Å²) in [7, 11) is 1.59. The number of aromatic nitrogens is 2. The van der Waals surface area contributed by atoms with E-state index in [2.05, 4.69) is 5.32 Å².